The van der Waals surface area contributed by atoms with Gasteiger partial charge in [-0.25, -0.2) is 0 Å². The third kappa shape index (κ3) is 7.70. The summed E-state index contributed by atoms with van der Waals surface area (Å²) in [5.74, 6) is -0.757. The number of esters is 1. The van der Waals surface area contributed by atoms with Crippen LogP contribution in [0.4, 0.5) is 0 Å². The fraction of sp³-hybridized carbons (Fsp3) is 0.412. The number of amides is 1. The second kappa shape index (κ2) is 11.1. The molecule has 0 saturated carbocycles. The van der Waals surface area contributed by atoms with E-state index >= 15 is 0 Å². The van der Waals surface area contributed by atoms with Gasteiger partial charge in [0.15, 0.2) is 5.11 Å². The highest BCUT2D eigenvalue weighted by molar-refractivity contribution is 7.80. The number of ether oxygens (including phenoxy) is 1. The quantitative estimate of drug-likeness (QED) is 0.573. The standard InChI is InChI=1S/C17H21N3O3S/c1-2-23-16(22)10-9-15(21)19-17(24)20(12-6-11-18)13-14-7-4-3-5-8-14/h3-5,7-8H,2,6,9-10,12-13H2,1H3,(H,19,21,24). The van der Waals surface area contributed by atoms with Gasteiger partial charge in [-0.1, -0.05) is 30.3 Å². The molecule has 1 rings (SSSR count). The van der Waals surface area contributed by atoms with Crippen LogP contribution in [0.3, 0.4) is 0 Å². The zero-order valence-corrected chi connectivity index (χ0v) is 14.5. The van der Waals surface area contributed by atoms with Crippen molar-refractivity contribution in [1.29, 1.82) is 5.26 Å². The molecule has 24 heavy (non-hydrogen) atoms. The molecular weight excluding hydrogens is 326 g/mol. The highest BCUT2D eigenvalue weighted by atomic mass is 32.1. The normalized spacial score (nSPS) is 9.67. The van der Waals surface area contributed by atoms with Crippen molar-refractivity contribution < 1.29 is 14.3 Å². The topological polar surface area (TPSA) is 82.4 Å². The van der Waals surface area contributed by atoms with Crippen LogP contribution in [0.25, 0.3) is 0 Å². The monoisotopic (exact) mass is 347 g/mol. The van der Waals surface area contributed by atoms with Gasteiger partial charge in [0.1, 0.15) is 0 Å². The van der Waals surface area contributed by atoms with Crippen LogP contribution in [0.1, 0.15) is 31.7 Å². The van der Waals surface area contributed by atoms with Gasteiger partial charge in [-0.2, -0.15) is 5.26 Å². The van der Waals surface area contributed by atoms with Gasteiger partial charge in [0.2, 0.25) is 5.91 Å². The van der Waals surface area contributed by atoms with Crippen LogP contribution in [-0.2, 0) is 20.9 Å². The molecular formula is C17H21N3O3S. The molecule has 0 fully saturated rings. The second-order valence-electron chi connectivity index (χ2n) is 4.97. The molecule has 0 heterocycles. The van der Waals surface area contributed by atoms with Crippen LogP contribution in [0.2, 0.25) is 0 Å². The van der Waals surface area contributed by atoms with Crippen molar-refractivity contribution in [1.82, 2.24) is 10.2 Å². The number of hydrogen-bond acceptors (Lipinski definition) is 5. The van der Waals surface area contributed by atoms with E-state index < -0.39 is 5.97 Å². The number of nitrogens with zero attached hydrogens (tertiary/aromatic N) is 2. The first-order valence-electron chi connectivity index (χ1n) is 7.72. The number of carbonyl (C=O) groups excluding carboxylic acids is 2. The van der Waals surface area contributed by atoms with E-state index in [1.165, 1.54) is 0 Å². The van der Waals surface area contributed by atoms with Crippen molar-refractivity contribution in [3.8, 4) is 6.07 Å². The molecule has 1 N–H and O–H groups in total. The van der Waals surface area contributed by atoms with Crippen molar-refractivity contribution in [2.75, 3.05) is 13.2 Å². The smallest absolute Gasteiger partial charge is 0.306 e. The van der Waals surface area contributed by atoms with Crippen molar-refractivity contribution in [3.63, 3.8) is 0 Å². The third-order valence-electron chi connectivity index (χ3n) is 3.10. The molecule has 128 valence electrons. The summed E-state index contributed by atoms with van der Waals surface area (Å²) in [6, 6.07) is 11.7. The number of thiocarbonyl (C=S) groups is 1. The van der Waals surface area contributed by atoms with Crippen molar-refractivity contribution in [3.05, 3.63) is 35.9 Å². The Hall–Kier alpha value is -2.46. The van der Waals surface area contributed by atoms with E-state index in [0.717, 1.165) is 5.56 Å². The molecule has 0 radical (unpaired) electrons. The summed E-state index contributed by atoms with van der Waals surface area (Å²) in [5, 5.41) is 11.6. The van der Waals surface area contributed by atoms with Crippen molar-refractivity contribution in [2.45, 2.75) is 32.7 Å². The lowest BCUT2D eigenvalue weighted by molar-refractivity contribution is -0.144. The molecule has 0 saturated heterocycles. The summed E-state index contributed by atoms with van der Waals surface area (Å²) in [4.78, 5) is 24.9. The zero-order valence-electron chi connectivity index (χ0n) is 13.7. The minimum absolute atomic E-state index is 0.0103. The highest BCUT2D eigenvalue weighted by Crippen LogP contribution is 2.06. The summed E-state index contributed by atoms with van der Waals surface area (Å²) in [6.07, 6.45) is 0.321. The van der Waals surface area contributed by atoms with Gasteiger partial charge in [-0.05, 0) is 24.7 Å². The summed E-state index contributed by atoms with van der Waals surface area (Å²) >= 11 is 5.26. The lowest BCUT2D eigenvalue weighted by Gasteiger charge is -2.24. The Labute approximate surface area is 147 Å². The van der Waals surface area contributed by atoms with E-state index in [2.05, 4.69) is 11.4 Å². The molecule has 0 aliphatic rings. The van der Waals surface area contributed by atoms with Crippen LogP contribution < -0.4 is 5.32 Å². The Balaban J connectivity index is 2.56. The molecule has 0 aliphatic carbocycles. The van der Waals surface area contributed by atoms with E-state index in [0.29, 0.717) is 19.5 Å². The summed E-state index contributed by atoms with van der Waals surface area (Å²) in [6.45, 7) is 2.92. The molecule has 1 aromatic rings. The van der Waals surface area contributed by atoms with Crippen LogP contribution in [0.5, 0.6) is 0 Å². The van der Waals surface area contributed by atoms with Crippen LogP contribution in [-0.4, -0.2) is 35.0 Å². The molecule has 0 atom stereocenters. The fourth-order valence-corrected chi connectivity index (χ4v) is 2.22. The molecule has 0 aromatic heterocycles. The van der Waals surface area contributed by atoms with Gasteiger partial charge in [0, 0.05) is 19.5 Å². The number of benzene rings is 1. The first-order chi connectivity index (χ1) is 11.6. The average Bonchev–Trinajstić information content (AvgIpc) is 2.58. The lowest BCUT2D eigenvalue weighted by atomic mass is 10.2. The van der Waals surface area contributed by atoms with Crippen molar-refractivity contribution >= 4 is 29.2 Å². The minimum atomic E-state index is -0.413. The van der Waals surface area contributed by atoms with E-state index in [1.54, 1.807) is 11.8 Å². The first kappa shape index (κ1) is 19.6. The largest absolute Gasteiger partial charge is 0.466 e. The van der Waals surface area contributed by atoms with Crippen LogP contribution in [0.15, 0.2) is 30.3 Å². The molecule has 1 amide bonds. The Bertz CT molecular complexity index is 599. The maximum atomic E-state index is 11.9. The Morgan fingerprint density at radius 1 is 1.29 bits per heavy atom. The molecule has 0 aliphatic heterocycles. The number of rotatable bonds is 8. The Morgan fingerprint density at radius 3 is 2.62 bits per heavy atom. The van der Waals surface area contributed by atoms with Gasteiger partial charge in [-0.15, -0.1) is 0 Å². The SMILES string of the molecule is CCOC(=O)CCC(=O)NC(=S)N(CCC#N)Cc1ccccc1. The molecule has 1 aromatic carbocycles. The highest BCUT2D eigenvalue weighted by Gasteiger charge is 2.14. The maximum Gasteiger partial charge on any atom is 0.306 e. The third-order valence-corrected chi connectivity index (χ3v) is 3.47. The molecule has 7 heteroatoms. The van der Waals surface area contributed by atoms with Crippen LogP contribution in [0, 0.1) is 11.3 Å². The van der Waals surface area contributed by atoms with E-state index in [9.17, 15) is 9.59 Å². The predicted molar refractivity (Wildman–Crippen MR) is 93.7 cm³/mol. The average molecular weight is 347 g/mol. The number of carbonyl (C=O) groups is 2. The fourth-order valence-electron chi connectivity index (χ4n) is 1.95. The number of nitriles is 1. The van der Waals surface area contributed by atoms with Crippen molar-refractivity contribution in [2.24, 2.45) is 0 Å². The van der Waals surface area contributed by atoms with E-state index in [-0.39, 0.29) is 30.5 Å². The number of hydrogen-bond donors (Lipinski definition) is 1. The molecule has 0 spiro atoms. The van der Waals surface area contributed by atoms with Gasteiger partial charge < -0.3 is 15.0 Å². The first-order valence-corrected chi connectivity index (χ1v) is 8.13. The number of nitrogens with one attached hydrogen (secondary N) is 1. The summed E-state index contributed by atoms with van der Waals surface area (Å²) in [5.41, 5.74) is 1.03. The maximum absolute atomic E-state index is 11.9. The van der Waals surface area contributed by atoms with Crippen LogP contribution >= 0.6 is 12.2 Å². The molecule has 6 nitrogen and oxygen atoms in total. The summed E-state index contributed by atoms with van der Waals surface area (Å²) in [7, 11) is 0. The Kier molecular flexibility index (Phi) is 9.09. The molecule has 0 unspecified atom stereocenters. The Morgan fingerprint density at radius 2 is 2.00 bits per heavy atom. The molecule has 0 bridgehead atoms. The lowest BCUT2D eigenvalue weighted by Crippen LogP contribution is -2.42. The second-order valence-corrected chi connectivity index (χ2v) is 5.36. The van der Waals surface area contributed by atoms with E-state index in [4.69, 9.17) is 22.2 Å². The zero-order chi connectivity index (χ0) is 17.8. The van der Waals surface area contributed by atoms with E-state index in [1.807, 2.05) is 30.3 Å². The van der Waals surface area contributed by atoms with Gasteiger partial charge in [0.25, 0.3) is 0 Å². The predicted octanol–water partition coefficient (Wildman–Crippen LogP) is 2.15. The van der Waals surface area contributed by atoms with Gasteiger partial charge in [-0.3, -0.25) is 9.59 Å². The van der Waals surface area contributed by atoms with Gasteiger partial charge in [0.05, 0.1) is 25.5 Å². The summed E-state index contributed by atoms with van der Waals surface area (Å²) < 4.78 is 4.78. The van der Waals surface area contributed by atoms with Gasteiger partial charge >= 0.3 is 5.97 Å². The minimum Gasteiger partial charge on any atom is -0.466 e.